The van der Waals surface area contributed by atoms with E-state index in [4.69, 9.17) is 9.05 Å². The molecule has 0 spiro atoms. The summed E-state index contributed by atoms with van der Waals surface area (Å²) in [6.07, 6.45) is 0.357. The summed E-state index contributed by atoms with van der Waals surface area (Å²) in [4.78, 5) is 20.6. The molecule has 1 aromatic carbocycles. The van der Waals surface area contributed by atoms with Gasteiger partial charge in [-0.15, -0.1) is 0 Å². The molecular weight excluding hydrogens is 320 g/mol. The number of Topliss-reactive ketones (excluding diaryl/α,β-unsaturated/α-hetero) is 1. The van der Waals surface area contributed by atoms with Crippen molar-refractivity contribution < 1.29 is 13.8 Å². The van der Waals surface area contributed by atoms with Gasteiger partial charge in [0.25, 0.3) is 0 Å². The lowest BCUT2D eigenvalue weighted by molar-refractivity contribution is 0.0939. The van der Waals surface area contributed by atoms with Crippen LogP contribution in [0, 0.1) is 12.8 Å². The van der Waals surface area contributed by atoms with Crippen molar-refractivity contribution in [2.75, 3.05) is 0 Å². The van der Waals surface area contributed by atoms with Gasteiger partial charge in [-0.2, -0.15) is 9.97 Å². The Morgan fingerprint density at radius 1 is 1.00 bits per heavy atom. The second-order valence-corrected chi connectivity index (χ2v) is 6.32. The Morgan fingerprint density at radius 2 is 1.64 bits per heavy atom. The van der Waals surface area contributed by atoms with Crippen molar-refractivity contribution in [2.24, 2.45) is 5.92 Å². The monoisotopic (exact) mass is 340 g/mol. The molecule has 0 bridgehead atoms. The molecular formula is C18H20N4O3. The molecule has 0 fully saturated rings. The molecule has 0 saturated carbocycles. The van der Waals surface area contributed by atoms with Crippen molar-refractivity contribution in [1.29, 1.82) is 0 Å². The highest BCUT2D eigenvalue weighted by atomic mass is 16.5. The SMILES string of the molecule is Cc1nc(Cc2noc([C@H](C)c3ccc(C(=O)C(C)C)cc3)n2)no1. The molecule has 2 aromatic heterocycles. The summed E-state index contributed by atoms with van der Waals surface area (Å²) in [5, 5.41) is 7.80. The first-order valence-electron chi connectivity index (χ1n) is 8.20. The van der Waals surface area contributed by atoms with Crippen molar-refractivity contribution in [2.45, 2.75) is 40.0 Å². The summed E-state index contributed by atoms with van der Waals surface area (Å²) in [6, 6.07) is 7.53. The molecule has 0 N–H and O–H groups in total. The van der Waals surface area contributed by atoms with Gasteiger partial charge in [-0.25, -0.2) is 0 Å². The Labute approximate surface area is 145 Å². The number of carbonyl (C=O) groups excluding carboxylic acids is 1. The molecule has 0 aliphatic carbocycles. The number of carbonyl (C=O) groups is 1. The number of aryl methyl sites for hydroxylation is 1. The molecule has 7 nitrogen and oxygen atoms in total. The third kappa shape index (κ3) is 3.81. The van der Waals surface area contributed by atoms with E-state index >= 15 is 0 Å². The lowest BCUT2D eigenvalue weighted by Crippen LogP contribution is -2.07. The van der Waals surface area contributed by atoms with Crippen LogP contribution in [0.4, 0.5) is 0 Å². The molecule has 0 aliphatic rings. The van der Waals surface area contributed by atoms with E-state index in [9.17, 15) is 4.79 Å². The third-order valence-electron chi connectivity index (χ3n) is 3.96. The molecule has 2 heterocycles. The highest BCUT2D eigenvalue weighted by molar-refractivity contribution is 5.97. The summed E-state index contributed by atoms with van der Waals surface area (Å²) >= 11 is 0. The van der Waals surface area contributed by atoms with Crippen LogP contribution in [0.15, 0.2) is 33.3 Å². The zero-order chi connectivity index (χ0) is 18.0. The molecule has 3 rings (SSSR count). The maximum Gasteiger partial charge on any atom is 0.233 e. The topological polar surface area (TPSA) is 94.9 Å². The number of aromatic nitrogens is 4. The van der Waals surface area contributed by atoms with Crippen LogP contribution in [0.5, 0.6) is 0 Å². The lowest BCUT2D eigenvalue weighted by Gasteiger charge is -2.09. The van der Waals surface area contributed by atoms with Crippen molar-refractivity contribution in [3.05, 3.63) is 58.8 Å². The van der Waals surface area contributed by atoms with Gasteiger partial charge in [-0.05, 0) is 12.5 Å². The number of hydrogen-bond acceptors (Lipinski definition) is 7. The van der Waals surface area contributed by atoms with Crippen LogP contribution in [-0.4, -0.2) is 26.1 Å². The van der Waals surface area contributed by atoms with E-state index in [0.29, 0.717) is 35.4 Å². The highest BCUT2D eigenvalue weighted by Gasteiger charge is 2.18. The predicted octanol–water partition coefficient (Wildman–Crippen LogP) is 3.34. The van der Waals surface area contributed by atoms with E-state index in [1.807, 2.05) is 45.0 Å². The largest absolute Gasteiger partial charge is 0.340 e. The lowest BCUT2D eigenvalue weighted by atomic mass is 9.96. The molecule has 0 radical (unpaired) electrons. The zero-order valence-corrected chi connectivity index (χ0v) is 14.7. The van der Waals surface area contributed by atoms with E-state index < -0.39 is 0 Å². The van der Waals surface area contributed by atoms with E-state index in [0.717, 1.165) is 5.56 Å². The van der Waals surface area contributed by atoms with Gasteiger partial charge in [-0.3, -0.25) is 4.79 Å². The normalized spacial score (nSPS) is 12.5. The van der Waals surface area contributed by atoms with Crippen molar-refractivity contribution in [3.63, 3.8) is 0 Å². The van der Waals surface area contributed by atoms with Crippen LogP contribution in [-0.2, 0) is 6.42 Å². The molecule has 0 aliphatic heterocycles. The average Bonchev–Trinajstić information content (AvgIpc) is 3.23. The van der Waals surface area contributed by atoms with Gasteiger partial charge in [-0.1, -0.05) is 48.4 Å². The fourth-order valence-corrected chi connectivity index (χ4v) is 2.48. The summed E-state index contributed by atoms with van der Waals surface area (Å²) in [6.45, 7) is 7.50. The molecule has 25 heavy (non-hydrogen) atoms. The number of rotatable bonds is 6. The molecule has 0 unspecified atom stereocenters. The molecule has 3 aromatic rings. The van der Waals surface area contributed by atoms with Crippen molar-refractivity contribution in [1.82, 2.24) is 20.3 Å². The van der Waals surface area contributed by atoms with E-state index in [2.05, 4.69) is 20.3 Å². The van der Waals surface area contributed by atoms with Crippen LogP contribution >= 0.6 is 0 Å². The number of ketones is 1. The molecule has 0 saturated heterocycles. The quantitative estimate of drug-likeness (QED) is 0.635. The Hall–Kier alpha value is -2.83. The maximum absolute atomic E-state index is 12.0. The van der Waals surface area contributed by atoms with Gasteiger partial charge < -0.3 is 9.05 Å². The van der Waals surface area contributed by atoms with Crippen molar-refractivity contribution in [3.8, 4) is 0 Å². The third-order valence-corrected chi connectivity index (χ3v) is 3.96. The molecule has 1 atom stereocenters. The van der Waals surface area contributed by atoms with Gasteiger partial charge in [0.1, 0.15) is 0 Å². The zero-order valence-electron chi connectivity index (χ0n) is 14.7. The fraction of sp³-hybridized carbons (Fsp3) is 0.389. The summed E-state index contributed by atoms with van der Waals surface area (Å²) < 4.78 is 10.3. The Balaban J connectivity index is 1.72. The van der Waals surface area contributed by atoms with Gasteiger partial charge in [0, 0.05) is 18.4 Å². The predicted molar refractivity (Wildman–Crippen MR) is 89.3 cm³/mol. The fourth-order valence-electron chi connectivity index (χ4n) is 2.48. The first kappa shape index (κ1) is 17.0. The van der Waals surface area contributed by atoms with Crippen LogP contribution < -0.4 is 0 Å². The Morgan fingerprint density at radius 3 is 2.24 bits per heavy atom. The first-order valence-corrected chi connectivity index (χ1v) is 8.20. The molecule has 130 valence electrons. The van der Waals surface area contributed by atoms with E-state index in [1.54, 1.807) is 6.92 Å². The average molecular weight is 340 g/mol. The van der Waals surface area contributed by atoms with Gasteiger partial charge in [0.05, 0.1) is 12.3 Å². The van der Waals surface area contributed by atoms with E-state index in [-0.39, 0.29) is 17.6 Å². The van der Waals surface area contributed by atoms with Crippen LogP contribution in [0.2, 0.25) is 0 Å². The Kier molecular flexibility index (Phi) is 4.74. The maximum atomic E-state index is 12.0. The summed E-state index contributed by atoms with van der Waals surface area (Å²) in [5.74, 6) is 2.09. The van der Waals surface area contributed by atoms with E-state index in [1.165, 1.54) is 0 Å². The number of nitrogens with zero attached hydrogens (tertiary/aromatic N) is 4. The first-order chi connectivity index (χ1) is 11.9. The van der Waals surface area contributed by atoms with Crippen LogP contribution in [0.3, 0.4) is 0 Å². The van der Waals surface area contributed by atoms with Crippen LogP contribution in [0.25, 0.3) is 0 Å². The van der Waals surface area contributed by atoms with Gasteiger partial charge >= 0.3 is 0 Å². The standard InChI is InChI=1S/C18H20N4O3/c1-10(2)17(23)14-7-5-13(6-8-14)11(3)18-20-16(22-25-18)9-15-19-12(4)24-21-15/h5-8,10-11H,9H2,1-4H3/t11-/m1/s1. The van der Waals surface area contributed by atoms with Gasteiger partial charge in [0.2, 0.25) is 11.8 Å². The molecule has 7 heteroatoms. The Bertz CT molecular complexity index is 865. The minimum absolute atomic E-state index is 0.0180. The minimum atomic E-state index is -0.0727. The van der Waals surface area contributed by atoms with Crippen LogP contribution in [0.1, 0.15) is 66.0 Å². The second kappa shape index (κ2) is 6.96. The highest BCUT2D eigenvalue weighted by Crippen LogP contribution is 2.24. The smallest absolute Gasteiger partial charge is 0.233 e. The summed E-state index contributed by atoms with van der Waals surface area (Å²) in [7, 11) is 0. The van der Waals surface area contributed by atoms with Gasteiger partial charge in [0.15, 0.2) is 17.4 Å². The molecule has 0 amide bonds. The number of hydrogen-bond donors (Lipinski definition) is 0. The number of benzene rings is 1. The second-order valence-electron chi connectivity index (χ2n) is 6.32. The minimum Gasteiger partial charge on any atom is -0.340 e. The van der Waals surface area contributed by atoms with Crippen molar-refractivity contribution >= 4 is 5.78 Å². The summed E-state index contributed by atoms with van der Waals surface area (Å²) in [5.41, 5.74) is 1.72.